The summed E-state index contributed by atoms with van der Waals surface area (Å²) in [5, 5.41) is 0. The van der Waals surface area contributed by atoms with E-state index in [1.165, 1.54) is 5.56 Å². The number of rotatable bonds is 2. The van der Waals surface area contributed by atoms with Gasteiger partial charge in [0.25, 0.3) is 0 Å². The molecule has 2 aliphatic rings. The molecule has 18 heavy (non-hydrogen) atoms. The minimum atomic E-state index is 0.241. The van der Waals surface area contributed by atoms with E-state index < -0.39 is 0 Å². The third-order valence-electron chi connectivity index (χ3n) is 3.63. The Balaban J connectivity index is 1.98. The minimum absolute atomic E-state index is 0.241. The van der Waals surface area contributed by atoms with Gasteiger partial charge in [0, 0.05) is 31.1 Å². The summed E-state index contributed by atoms with van der Waals surface area (Å²) in [6.45, 7) is 6.85. The Bertz CT molecular complexity index is 461. The predicted molar refractivity (Wildman–Crippen MR) is 70.1 cm³/mol. The van der Waals surface area contributed by atoms with Gasteiger partial charge < -0.3 is 15.4 Å². The summed E-state index contributed by atoms with van der Waals surface area (Å²) in [7, 11) is 0. The maximum absolute atomic E-state index is 5.94. The van der Waals surface area contributed by atoms with Crippen molar-refractivity contribution in [3.05, 3.63) is 11.3 Å². The molecule has 3 heterocycles. The van der Waals surface area contributed by atoms with Crippen molar-refractivity contribution in [2.24, 2.45) is 5.73 Å². The highest BCUT2D eigenvalue weighted by Gasteiger charge is 2.27. The lowest BCUT2D eigenvalue weighted by Crippen LogP contribution is -2.28. The molecule has 98 valence electrons. The van der Waals surface area contributed by atoms with Crippen molar-refractivity contribution >= 4 is 5.95 Å². The fourth-order valence-electron chi connectivity index (χ4n) is 2.66. The summed E-state index contributed by atoms with van der Waals surface area (Å²) in [4.78, 5) is 11.5. The zero-order valence-corrected chi connectivity index (χ0v) is 11.0. The summed E-state index contributed by atoms with van der Waals surface area (Å²) >= 11 is 0. The lowest BCUT2D eigenvalue weighted by atomic mass is 10.0. The topological polar surface area (TPSA) is 64.3 Å². The van der Waals surface area contributed by atoms with Crippen LogP contribution in [0.25, 0.3) is 0 Å². The first-order chi connectivity index (χ1) is 8.65. The number of hydrogen-bond acceptors (Lipinski definition) is 5. The van der Waals surface area contributed by atoms with E-state index in [4.69, 9.17) is 15.5 Å². The zero-order chi connectivity index (χ0) is 12.7. The Morgan fingerprint density at radius 3 is 2.89 bits per heavy atom. The number of nitrogens with zero attached hydrogens (tertiary/aromatic N) is 3. The van der Waals surface area contributed by atoms with Crippen LogP contribution in [0.15, 0.2) is 0 Å². The third-order valence-corrected chi connectivity index (χ3v) is 3.63. The quantitative estimate of drug-likeness (QED) is 0.848. The first-order valence-electron chi connectivity index (χ1n) is 6.69. The van der Waals surface area contributed by atoms with Gasteiger partial charge in [0.1, 0.15) is 0 Å². The average Bonchev–Trinajstić information content (AvgIpc) is 2.95. The van der Waals surface area contributed by atoms with E-state index in [1.54, 1.807) is 0 Å². The molecule has 0 amide bonds. The van der Waals surface area contributed by atoms with Gasteiger partial charge in [-0.15, -0.1) is 0 Å². The van der Waals surface area contributed by atoms with E-state index in [0.29, 0.717) is 5.92 Å². The predicted octanol–water partition coefficient (Wildman–Crippen LogP) is 1.07. The van der Waals surface area contributed by atoms with Crippen LogP contribution in [0.1, 0.15) is 37.4 Å². The van der Waals surface area contributed by atoms with Gasteiger partial charge in [-0.2, -0.15) is 4.98 Å². The molecule has 1 saturated heterocycles. The van der Waals surface area contributed by atoms with Gasteiger partial charge in [0.2, 0.25) is 11.8 Å². The highest BCUT2D eigenvalue weighted by Crippen LogP contribution is 2.32. The maximum atomic E-state index is 5.94. The Morgan fingerprint density at radius 1 is 1.39 bits per heavy atom. The van der Waals surface area contributed by atoms with Crippen molar-refractivity contribution in [2.45, 2.75) is 38.6 Å². The molecule has 0 aromatic carbocycles. The molecule has 0 spiro atoms. The zero-order valence-electron chi connectivity index (χ0n) is 11.0. The van der Waals surface area contributed by atoms with Crippen LogP contribution in [0.5, 0.6) is 5.88 Å². The van der Waals surface area contributed by atoms with Crippen LogP contribution < -0.4 is 15.4 Å². The Labute approximate surface area is 107 Å². The molecule has 1 unspecified atom stereocenters. The van der Waals surface area contributed by atoms with E-state index in [0.717, 1.165) is 50.1 Å². The van der Waals surface area contributed by atoms with Gasteiger partial charge in [0.15, 0.2) is 0 Å². The van der Waals surface area contributed by atoms with Crippen molar-refractivity contribution in [1.82, 2.24) is 9.97 Å². The third kappa shape index (κ3) is 1.92. The molecular formula is C13H20N4O. The van der Waals surface area contributed by atoms with E-state index in [2.05, 4.69) is 23.7 Å². The number of anilines is 1. The standard InChI is InChI=1S/C13H20N4O/c1-8(2)11-10-4-6-18-12(10)16-13(15-11)17-5-3-9(14)7-17/h8-9H,3-7,14H2,1-2H3. The van der Waals surface area contributed by atoms with Gasteiger partial charge in [-0.05, 0) is 12.3 Å². The molecule has 1 aromatic rings. The largest absolute Gasteiger partial charge is 0.477 e. The highest BCUT2D eigenvalue weighted by atomic mass is 16.5. The molecule has 1 atom stereocenters. The van der Waals surface area contributed by atoms with Gasteiger partial charge in [0.05, 0.1) is 12.3 Å². The van der Waals surface area contributed by atoms with E-state index >= 15 is 0 Å². The lowest BCUT2D eigenvalue weighted by molar-refractivity contribution is 0.344. The highest BCUT2D eigenvalue weighted by molar-refractivity contribution is 5.44. The van der Waals surface area contributed by atoms with Crippen LogP contribution in [0.4, 0.5) is 5.95 Å². The van der Waals surface area contributed by atoms with Crippen molar-refractivity contribution in [1.29, 1.82) is 0 Å². The van der Waals surface area contributed by atoms with Crippen molar-refractivity contribution in [3.8, 4) is 5.88 Å². The van der Waals surface area contributed by atoms with Crippen LogP contribution in [-0.2, 0) is 6.42 Å². The van der Waals surface area contributed by atoms with Crippen molar-refractivity contribution in [3.63, 3.8) is 0 Å². The normalized spacial score (nSPS) is 22.4. The van der Waals surface area contributed by atoms with Crippen LogP contribution in [-0.4, -0.2) is 35.7 Å². The van der Waals surface area contributed by atoms with Crippen molar-refractivity contribution in [2.75, 3.05) is 24.6 Å². The monoisotopic (exact) mass is 248 g/mol. The molecule has 1 aromatic heterocycles. The molecule has 5 nitrogen and oxygen atoms in total. The molecule has 1 fully saturated rings. The fraction of sp³-hybridized carbons (Fsp3) is 0.692. The van der Waals surface area contributed by atoms with Gasteiger partial charge >= 0.3 is 0 Å². The van der Waals surface area contributed by atoms with Crippen LogP contribution in [0.2, 0.25) is 0 Å². The van der Waals surface area contributed by atoms with E-state index in [1.807, 2.05) is 0 Å². The molecule has 0 saturated carbocycles. The second kappa shape index (κ2) is 4.39. The maximum Gasteiger partial charge on any atom is 0.228 e. The first-order valence-corrected chi connectivity index (χ1v) is 6.69. The van der Waals surface area contributed by atoms with E-state index in [9.17, 15) is 0 Å². The second-order valence-corrected chi connectivity index (χ2v) is 5.44. The number of ether oxygens (including phenoxy) is 1. The number of aromatic nitrogens is 2. The van der Waals surface area contributed by atoms with Crippen LogP contribution in [0.3, 0.4) is 0 Å². The van der Waals surface area contributed by atoms with Crippen LogP contribution in [0, 0.1) is 0 Å². The molecule has 2 N–H and O–H groups in total. The molecule has 2 aliphatic heterocycles. The molecule has 0 bridgehead atoms. The average molecular weight is 248 g/mol. The summed E-state index contributed by atoms with van der Waals surface area (Å²) in [6, 6.07) is 0.241. The summed E-state index contributed by atoms with van der Waals surface area (Å²) < 4.78 is 5.61. The lowest BCUT2D eigenvalue weighted by Gasteiger charge is -2.18. The minimum Gasteiger partial charge on any atom is -0.477 e. The Morgan fingerprint density at radius 2 is 2.22 bits per heavy atom. The SMILES string of the molecule is CC(C)c1nc(N2CCC(N)C2)nc2c1CCO2. The molecular weight excluding hydrogens is 228 g/mol. The summed E-state index contributed by atoms with van der Waals surface area (Å²) in [5.41, 5.74) is 8.27. The molecule has 0 radical (unpaired) electrons. The number of fused-ring (bicyclic) bond motifs is 1. The smallest absolute Gasteiger partial charge is 0.228 e. The van der Waals surface area contributed by atoms with Gasteiger partial charge in [-0.1, -0.05) is 13.8 Å². The van der Waals surface area contributed by atoms with Gasteiger partial charge in [-0.25, -0.2) is 4.98 Å². The fourth-order valence-corrected chi connectivity index (χ4v) is 2.66. The molecule has 0 aliphatic carbocycles. The number of hydrogen-bond donors (Lipinski definition) is 1. The van der Waals surface area contributed by atoms with Crippen molar-refractivity contribution < 1.29 is 4.74 Å². The Kier molecular flexibility index (Phi) is 2.86. The molecule has 5 heteroatoms. The van der Waals surface area contributed by atoms with E-state index in [-0.39, 0.29) is 6.04 Å². The van der Waals surface area contributed by atoms with Crippen LogP contribution >= 0.6 is 0 Å². The number of nitrogens with two attached hydrogens (primary N) is 1. The Hall–Kier alpha value is -1.36. The summed E-state index contributed by atoms with van der Waals surface area (Å²) in [6.07, 6.45) is 1.95. The summed E-state index contributed by atoms with van der Waals surface area (Å²) in [5.74, 6) is 1.97. The molecule has 3 rings (SSSR count). The van der Waals surface area contributed by atoms with Gasteiger partial charge in [-0.3, -0.25) is 0 Å². The first kappa shape index (κ1) is 11.7. The second-order valence-electron chi connectivity index (χ2n) is 5.44.